The van der Waals surface area contributed by atoms with Crippen LogP contribution in [0.5, 0.6) is 0 Å². The molecule has 2 bridgehead atoms. The summed E-state index contributed by atoms with van der Waals surface area (Å²) in [5.41, 5.74) is 6.47. The first kappa shape index (κ1) is 30.3. The minimum absolute atomic E-state index is 0.00854. The molecule has 42 heavy (non-hydrogen) atoms. The van der Waals surface area contributed by atoms with Gasteiger partial charge in [-0.05, 0) is 78.4 Å². The number of fused-ring (bicyclic) bond motifs is 3. The van der Waals surface area contributed by atoms with Crippen molar-refractivity contribution in [3.8, 4) is 0 Å². The van der Waals surface area contributed by atoms with E-state index in [2.05, 4.69) is 64.7 Å². The Bertz CT molecular complexity index is 1220. The van der Waals surface area contributed by atoms with E-state index in [1.54, 1.807) is 12.4 Å². The quantitative estimate of drug-likeness (QED) is 0.394. The molecule has 0 spiro atoms. The number of nitrogens with two attached hydrogens (primary N) is 1. The van der Waals surface area contributed by atoms with Crippen LogP contribution < -0.4 is 5.73 Å². The molecule has 1 aliphatic heterocycles. The maximum atomic E-state index is 13.3. The van der Waals surface area contributed by atoms with E-state index in [4.69, 9.17) is 15.2 Å². The Morgan fingerprint density at radius 1 is 1.12 bits per heavy atom. The van der Waals surface area contributed by atoms with Gasteiger partial charge in [-0.2, -0.15) is 15.0 Å². The molecule has 6 rings (SSSR count). The van der Waals surface area contributed by atoms with Crippen LogP contribution in [-0.4, -0.2) is 58.5 Å². The van der Waals surface area contributed by atoms with Gasteiger partial charge < -0.3 is 20.3 Å². The molecule has 1 saturated heterocycles. The lowest BCUT2D eigenvalue weighted by Crippen LogP contribution is -2.69. The van der Waals surface area contributed by atoms with Crippen LogP contribution in [0.15, 0.2) is 24.0 Å². The average Bonchev–Trinajstić information content (AvgIpc) is 3.47. The van der Waals surface area contributed by atoms with Crippen LogP contribution in [0.4, 0.5) is 0 Å². The SMILES string of the molecule is CC(C)[C@@H](C)[C@@]1(C)CC[C@]2(C)[C@H]3CC[C@@H]4[C@@]5(COC[C@@]4(C)[C@@H](OCCN)[C@H](n4nccn4)C5)C3=CC[C@@]2(C)[C@@H]1C(=O)O. The Balaban J connectivity index is 1.46. The molecule has 2 heterocycles. The van der Waals surface area contributed by atoms with E-state index in [-0.39, 0.29) is 45.1 Å². The first-order chi connectivity index (χ1) is 19.8. The zero-order valence-corrected chi connectivity index (χ0v) is 26.9. The van der Waals surface area contributed by atoms with Crippen LogP contribution >= 0.6 is 0 Å². The molecular formula is C34H54N4O4. The second kappa shape index (κ2) is 10.1. The van der Waals surface area contributed by atoms with Gasteiger partial charge in [0.05, 0.1) is 50.3 Å². The van der Waals surface area contributed by atoms with Crippen molar-refractivity contribution >= 4 is 5.97 Å². The predicted octanol–water partition coefficient (Wildman–Crippen LogP) is 5.75. The van der Waals surface area contributed by atoms with Crippen LogP contribution in [0, 0.1) is 56.7 Å². The molecule has 5 aliphatic rings. The number of carbonyl (C=O) groups is 1. The van der Waals surface area contributed by atoms with Gasteiger partial charge in [-0.1, -0.05) is 60.1 Å². The van der Waals surface area contributed by atoms with Crippen LogP contribution in [-0.2, 0) is 14.3 Å². The Labute approximate surface area is 252 Å². The second-order valence-corrected chi connectivity index (χ2v) is 16.0. The summed E-state index contributed by atoms with van der Waals surface area (Å²) in [6.07, 6.45) is 11.8. The van der Waals surface area contributed by atoms with Crippen molar-refractivity contribution in [3.05, 3.63) is 24.0 Å². The Kier molecular flexibility index (Phi) is 7.30. The van der Waals surface area contributed by atoms with Crippen molar-refractivity contribution in [1.82, 2.24) is 15.0 Å². The van der Waals surface area contributed by atoms with Gasteiger partial charge in [0.25, 0.3) is 0 Å². The lowest BCUT2D eigenvalue weighted by Gasteiger charge is -2.71. The van der Waals surface area contributed by atoms with Crippen LogP contribution in [0.25, 0.3) is 0 Å². The van der Waals surface area contributed by atoms with Gasteiger partial charge in [-0.3, -0.25) is 4.79 Å². The number of ether oxygens (including phenoxy) is 2. The predicted molar refractivity (Wildman–Crippen MR) is 161 cm³/mol. The second-order valence-electron chi connectivity index (χ2n) is 16.0. The largest absolute Gasteiger partial charge is 0.481 e. The van der Waals surface area contributed by atoms with Crippen molar-refractivity contribution in [2.24, 2.45) is 62.4 Å². The van der Waals surface area contributed by atoms with Crippen molar-refractivity contribution in [2.45, 2.75) is 99.1 Å². The molecule has 3 N–H and O–H groups in total. The number of rotatable bonds is 7. The van der Waals surface area contributed by atoms with Crippen molar-refractivity contribution in [2.75, 3.05) is 26.4 Å². The highest BCUT2D eigenvalue weighted by Gasteiger charge is 2.72. The molecule has 234 valence electrons. The molecule has 8 nitrogen and oxygen atoms in total. The fourth-order valence-corrected chi connectivity index (χ4v) is 11.7. The minimum atomic E-state index is -0.613. The first-order valence-electron chi connectivity index (χ1n) is 16.5. The van der Waals surface area contributed by atoms with Crippen LogP contribution in [0.1, 0.15) is 93.0 Å². The van der Waals surface area contributed by atoms with Crippen LogP contribution in [0.2, 0.25) is 0 Å². The van der Waals surface area contributed by atoms with Gasteiger partial charge in [0, 0.05) is 17.4 Å². The fraction of sp³-hybridized carbons (Fsp3) is 0.853. The van der Waals surface area contributed by atoms with E-state index in [0.29, 0.717) is 50.0 Å². The topological polar surface area (TPSA) is 112 Å². The summed E-state index contributed by atoms with van der Waals surface area (Å²) in [4.78, 5) is 15.2. The Morgan fingerprint density at radius 3 is 2.48 bits per heavy atom. The number of hydrogen-bond donors (Lipinski definition) is 2. The summed E-state index contributed by atoms with van der Waals surface area (Å²) in [6.45, 7) is 18.5. The number of aliphatic carboxylic acids is 1. The fourth-order valence-electron chi connectivity index (χ4n) is 11.7. The molecule has 8 heteroatoms. The summed E-state index contributed by atoms with van der Waals surface area (Å²) in [6, 6.07) is -0.00854. The maximum Gasteiger partial charge on any atom is 0.307 e. The number of nitrogens with zero attached hydrogens (tertiary/aromatic N) is 3. The number of allylic oxidation sites excluding steroid dienone is 1. The minimum Gasteiger partial charge on any atom is -0.481 e. The normalized spacial score (nSPS) is 47.2. The molecule has 0 unspecified atom stereocenters. The third-order valence-corrected chi connectivity index (χ3v) is 14.2. The molecule has 0 radical (unpaired) electrons. The molecule has 0 aromatic carbocycles. The van der Waals surface area contributed by atoms with Gasteiger partial charge in [0.1, 0.15) is 0 Å². The highest BCUT2D eigenvalue weighted by molar-refractivity contribution is 5.73. The molecule has 1 aromatic rings. The Morgan fingerprint density at radius 2 is 1.83 bits per heavy atom. The summed E-state index contributed by atoms with van der Waals surface area (Å²) < 4.78 is 13.1. The van der Waals surface area contributed by atoms with Gasteiger partial charge >= 0.3 is 5.97 Å². The Hall–Kier alpha value is -1.77. The summed E-state index contributed by atoms with van der Waals surface area (Å²) >= 11 is 0. The van der Waals surface area contributed by atoms with Crippen LogP contribution in [0.3, 0.4) is 0 Å². The average molecular weight is 583 g/mol. The standard InChI is InChI=1S/C34H54N4O4/c1-21(2)22(3)30(4)12-13-32(6)23-8-9-26-31(5)19-41-20-34(26,24(23)10-11-33(32,7)27(30)29(39)40)18-25(28(31)42-17-14-35)38-36-15-16-37-38/h10,15-16,21-23,25-28H,8-9,11-14,17-20,35H2,1-7H3,(H,39,40)/t22-,23+,25-,26+,27-,28+,30-,31-,32-,33+,34+/m1/s1. The van der Waals surface area contributed by atoms with E-state index in [9.17, 15) is 9.90 Å². The number of carboxylic acids is 1. The molecular weight excluding hydrogens is 528 g/mol. The third kappa shape index (κ3) is 3.86. The van der Waals surface area contributed by atoms with Gasteiger partial charge in [0.15, 0.2) is 0 Å². The molecule has 0 amide bonds. The maximum absolute atomic E-state index is 13.3. The van der Waals surface area contributed by atoms with Gasteiger partial charge in [-0.25, -0.2) is 0 Å². The molecule has 11 atom stereocenters. The lowest BCUT2D eigenvalue weighted by atomic mass is 9.34. The highest BCUT2D eigenvalue weighted by Crippen LogP contribution is 2.75. The smallest absolute Gasteiger partial charge is 0.307 e. The van der Waals surface area contributed by atoms with E-state index < -0.39 is 5.97 Å². The van der Waals surface area contributed by atoms with Gasteiger partial charge in [0.2, 0.25) is 0 Å². The third-order valence-electron chi connectivity index (χ3n) is 14.2. The summed E-state index contributed by atoms with van der Waals surface area (Å²) in [7, 11) is 0. The monoisotopic (exact) mass is 582 g/mol. The first-order valence-corrected chi connectivity index (χ1v) is 16.5. The summed E-state index contributed by atoms with van der Waals surface area (Å²) in [5, 5.41) is 20.2. The number of hydrogen-bond acceptors (Lipinski definition) is 6. The summed E-state index contributed by atoms with van der Waals surface area (Å²) in [5.74, 6) is 0.538. The zero-order chi connectivity index (χ0) is 30.3. The van der Waals surface area contributed by atoms with Crippen molar-refractivity contribution in [3.63, 3.8) is 0 Å². The molecule has 4 aliphatic carbocycles. The molecule has 1 aromatic heterocycles. The highest BCUT2D eigenvalue weighted by atomic mass is 16.5. The van der Waals surface area contributed by atoms with E-state index >= 15 is 0 Å². The lowest BCUT2D eigenvalue weighted by molar-refractivity contribution is -0.250. The number of aromatic nitrogens is 3. The van der Waals surface area contributed by atoms with Crippen molar-refractivity contribution < 1.29 is 19.4 Å². The number of carboxylic acid groups (broad SMARTS) is 1. The van der Waals surface area contributed by atoms with E-state index in [1.807, 2.05) is 4.80 Å². The van der Waals surface area contributed by atoms with E-state index in [1.165, 1.54) is 5.57 Å². The molecule has 4 fully saturated rings. The zero-order valence-electron chi connectivity index (χ0n) is 26.9. The van der Waals surface area contributed by atoms with E-state index in [0.717, 1.165) is 38.5 Å². The van der Waals surface area contributed by atoms with Crippen molar-refractivity contribution in [1.29, 1.82) is 0 Å². The van der Waals surface area contributed by atoms with Gasteiger partial charge in [-0.15, -0.1) is 0 Å². The molecule has 3 saturated carbocycles.